The predicted octanol–water partition coefficient (Wildman–Crippen LogP) is 4.00. The number of carbonyl (C=O) groups is 1. The summed E-state index contributed by atoms with van der Waals surface area (Å²) in [6.45, 7) is 6.65. The molecule has 4 heteroatoms. The van der Waals surface area contributed by atoms with Crippen molar-refractivity contribution in [1.29, 1.82) is 0 Å². The Morgan fingerprint density at radius 3 is 2.22 bits per heavy atom. The molecule has 0 saturated carbocycles. The minimum absolute atomic E-state index is 0. The standard InChI is InChI=1S/C19H34N2O.ClH/c1-14(2)3-4-15-7-9-21(10-8-15)19(22)13-16-11-17-5-6-18(12-16)20-17;/h14-18,20H,3-13H2,1-2H3;1H. The van der Waals surface area contributed by atoms with Crippen LogP contribution in [0.2, 0.25) is 0 Å². The number of carbonyl (C=O) groups excluding carboxylic acids is 1. The highest BCUT2D eigenvalue weighted by molar-refractivity contribution is 5.85. The van der Waals surface area contributed by atoms with Crippen molar-refractivity contribution >= 4 is 18.3 Å². The monoisotopic (exact) mass is 342 g/mol. The maximum atomic E-state index is 12.6. The van der Waals surface area contributed by atoms with E-state index in [-0.39, 0.29) is 12.4 Å². The molecule has 2 atom stereocenters. The van der Waals surface area contributed by atoms with Crippen molar-refractivity contribution in [3.05, 3.63) is 0 Å². The Labute approximate surface area is 148 Å². The predicted molar refractivity (Wildman–Crippen MR) is 97.9 cm³/mol. The van der Waals surface area contributed by atoms with Crippen LogP contribution in [0.15, 0.2) is 0 Å². The Morgan fingerprint density at radius 2 is 1.65 bits per heavy atom. The summed E-state index contributed by atoms with van der Waals surface area (Å²) in [5, 5.41) is 3.68. The van der Waals surface area contributed by atoms with Crippen molar-refractivity contribution in [3.63, 3.8) is 0 Å². The lowest BCUT2D eigenvalue weighted by molar-refractivity contribution is -0.133. The third-order valence-electron chi connectivity index (χ3n) is 6.15. The summed E-state index contributed by atoms with van der Waals surface area (Å²) in [5.74, 6) is 2.76. The molecule has 134 valence electrons. The SMILES string of the molecule is CC(C)CCC1CCN(C(=O)CC2CC3CCC(C2)N3)CC1.Cl. The summed E-state index contributed by atoms with van der Waals surface area (Å²) >= 11 is 0. The summed E-state index contributed by atoms with van der Waals surface area (Å²) in [7, 11) is 0. The van der Waals surface area contributed by atoms with E-state index in [2.05, 4.69) is 24.1 Å². The Kier molecular flexibility index (Phi) is 7.21. The number of piperidine rings is 2. The summed E-state index contributed by atoms with van der Waals surface area (Å²) in [6, 6.07) is 1.41. The van der Waals surface area contributed by atoms with Gasteiger partial charge in [0.25, 0.3) is 0 Å². The van der Waals surface area contributed by atoms with Crippen LogP contribution in [-0.2, 0) is 4.79 Å². The van der Waals surface area contributed by atoms with Crippen LogP contribution in [-0.4, -0.2) is 36.0 Å². The summed E-state index contributed by atoms with van der Waals surface area (Å²) in [6.07, 6.45) is 11.1. The highest BCUT2D eigenvalue weighted by Crippen LogP contribution is 2.33. The molecule has 0 spiro atoms. The van der Waals surface area contributed by atoms with Crippen LogP contribution < -0.4 is 5.32 Å². The van der Waals surface area contributed by atoms with Gasteiger partial charge in [-0.15, -0.1) is 12.4 Å². The molecule has 1 N–H and O–H groups in total. The van der Waals surface area contributed by atoms with E-state index in [9.17, 15) is 4.79 Å². The molecule has 0 aliphatic carbocycles. The average Bonchev–Trinajstić information content (AvgIpc) is 2.84. The van der Waals surface area contributed by atoms with Gasteiger partial charge in [0.1, 0.15) is 0 Å². The number of hydrogen-bond donors (Lipinski definition) is 1. The van der Waals surface area contributed by atoms with Crippen LogP contribution in [0.25, 0.3) is 0 Å². The van der Waals surface area contributed by atoms with Crippen molar-refractivity contribution in [2.75, 3.05) is 13.1 Å². The normalized spacial score (nSPS) is 31.3. The van der Waals surface area contributed by atoms with E-state index < -0.39 is 0 Å². The molecule has 3 rings (SSSR count). The van der Waals surface area contributed by atoms with E-state index in [1.807, 2.05) is 0 Å². The second-order valence-electron chi connectivity index (χ2n) is 8.47. The molecule has 3 aliphatic heterocycles. The van der Waals surface area contributed by atoms with Crippen molar-refractivity contribution in [1.82, 2.24) is 10.2 Å². The maximum absolute atomic E-state index is 12.6. The van der Waals surface area contributed by atoms with Gasteiger partial charge in [-0.3, -0.25) is 4.79 Å². The summed E-state index contributed by atoms with van der Waals surface area (Å²) in [4.78, 5) is 14.7. The fourth-order valence-electron chi connectivity index (χ4n) is 4.76. The van der Waals surface area contributed by atoms with Crippen LogP contribution in [0.3, 0.4) is 0 Å². The molecule has 2 unspecified atom stereocenters. The van der Waals surface area contributed by atoms with Crippen molar-refractivity contribution < 1.29 is 4.79 Å². The second-order valence-corrected chi connectivity index (χ2v) is 8.47. The zero-order valence-corrected chi connectivity index (χ0v) is 15.7. The van der Waals surface area contributed by atoms with Crippen LogP contribution in [0, 0.1) is 17.8 Å². The lowest BCUT2D eigenvalue weighted by atomic mass is 9.87. The quantitative estimate of drug-likeness (QED) is 0.818. The van der Waals surface area contributed by atoms with Crippen LogP contribution in [0.1, 0.15) is 71.6 Å². The van der Waals surface area contributed by atoms with Crippen molar-refractivity contribution in [2.24, 2.45) is 17.8 Å². The highest BCUT2D eigenvalue weighted by atomic mass is 35.5. The van der Waals surface area contributed by atoms with Crippen molar-refractivity contribution in [2.45, 2.75) is 83.7 Å². The second kappa shape index (κ2) is 8.71. The first-order valence-corrected chi connectivity index (χ1v) is 9.64. The van der Waals surface area contributed by atoms with Crippen LogP contribution >= 0.6 is 12.4 Å². The van der Waals surface area contributed by atoms with Gasteiger partial charge < -0.3 is 10.2 Å². The zero-order valence-electron chi connectivity index (χ0n) is 14.9. The first kappa shape index (κ1) is 19.1. The molecular weight excluding hydrogens is 308 g/mol. The molecule has 3 aliphatic rings. The van der Waals surface area contributed by atoms with E-state index in [0.717, 1.165) is 31.3 Å². The van der Waals surface area contributed by atoms with E-state index in [1.54, 1.807) is 0 Å². The number of hydrogen-bond acceptors (Lipinski definition) is 2. The molecule has 3 fully saturated rings. The van der Waals surface area contributed by atoms with E-state index in [4.69, 9.17) is 0 Å². The number of fused-ring (bicyclic) bond motifs is 2. The van der Waals surface area contributed by atoms with E-state index in [1.165, 1.54) is 51.4 Å². The third kappa shape index (κ3) is 5.35. The molecule has 1 amide bonds. The van der Waals surface area contributed by atoms with Gasteiger partial charge in [0, 0.05) is 31.6 Å². The maximum Gasteiger partial charge on any atom is 0.222 e. The highest BCUT2D eigenvalue weighted by Gasteiger charge is 2.35. The molecule has 3 heterocycles. The minimum Gasteiger partial charge on any atom is -0.343 e. The Bertz CT molecular complexity index is 368. The van der Waals surface area contributed by atoms with Gasteiger partial charge in [0.05, 0.1) is 0 Å². The smallest absolute Gasteiger partial charge is 0.222 e. The fraction of sp³-hybridized carbons (Fsp3) is 0.947. The average molecular weight is 343 g/mol. The number of nitrogens with one attached hydrogen (secondary N) is 1. The first-order chi connectivity index (χ1) is 10.6. The molecular formula is C19H35ClN2O. The Hall–Kier alpha value is -0.280. The van der Waals surface area contributed by atoms with Gasteiger partial charge in [-0.25, -0.2) is 0 Å². The minimum atomic E-state index is 0. The number of halogens is 1. The largest absolute Gasteiger partial charge is 0.343 e. The van der Waals surface area contributed by atoms with Crippen LogP contribution in [0.5, 0.6) is 0 Å². The molecule has 0 aromatic rings. The molecule has 0 radical (unpaired) electrons. The van der Waals surface area contributed by atoms with Crippen LogP contribution in [0.4, 0.5) is 0 Å². The summed E-state index contributed by atoms with van der Waals surface area (Å²) in [5.41, 5.74) is 0. The topological polar surface area (TPSA) is 32.3 Å². The number of rotatable bonds is 5. The number of amides is 1. The molecule has 0 aromatic carbocycles. The lowest BCUT2D eigenvalue weighted by Crippen LogP contribution is -2.42. The lowest BCUT2D eigenvalue weighted by Gasteiger charge is -2.35. The van der Waals surface area contributed by atoms with Gasteiger partial charge in [-0.05, 0) is 56.3 Å². The van der Waals surface area contributed by atoms with Gasteiger partial charge >= 0.3 is 0 Å². The first-order valence-electron chi connectivity index (χ1n) is 9.64. The number of nitrogens with zero attached hydrogens (tertiary/aromatic N) is 1. The fourth-order valence-corrected chi connectivity index (χ4v) is 4.76. The molecule has 2 bridgehead atoms. The van der Waals surface area contributed by atoms with Gasteiger partial charge in [-0.2, -0.15) is 0 Å². The van der Waals surface area contributed by atoms with Crippen molar-refractivity contribution in [3.8, 4) is 0 Å². The zero-order chi connectivity index (χ0) is 15.5. The van der Waals surface area contributed by atoms with Gasteiger partial charge in [0.15, 0.2) is 0 Å². The van der Waals surface area contributed by atoms with E-state index in [0.29, 0.717) is 23.9 Å². The molecule has 23 heavy (non-hydrogen) atoms. The summed E-state index contributed by atoms with van der Waals surface area (Å²) < 4.78 is 0. The third-order valence-corrected chi connectivity index (χ3v) is 6.15. The Balaban J connectivity index is 0.00000192. The molecule has 3 saturated heterocycles. The molecule has 3 nitrogen and oxygen atoms in total. The van der Waals surface area contributed by atoms with Gasteiger partial charge in [0.2, 0.25) is 5.91 Å². The molecule has 0 aromatic heterocycles. The van der Waals surface area contributed by atoms with E-state index >= 15 is 0 Å². The van der Waals surface area contributed by atoms with Gasteiger partial charge in [-0.1, -0.05) is 26.7 Å². The Morgan fingerprint density at radius 1 is 1.04 bits per heavy atom. The number of likely N-dealkylation sites (tertiary alicyclic amines) is 1.